The summed E-state index contributed by atoms with van der Waals surface area (Å²) >= 11 is 1.76. The minimum Gasteiger partial charge on any atom is -0.236 e. The molecule has 9 aromatic carbocycles. The standard InChI is InChI=1S/C47H29NS/c1-3-14-37-30(9-1)11-8-18-43(37)47-48-45-29-34(23-26-46(45)49-47)33-12-7-13-35(27-33)39-24-25-40(42-17-6-5-16-41(39)42)36-22-21-32-20-19-31-10-2-4-15-38(31)44(32)28-36/h1-29H. The molecule has 0 spiro atoms. The van der Waals surface area contributed by atoms with Crippen LogP contribution in [0.25, 0.3) is 97.3 Å². The first-order valence-electron chi connectivity index (χ1n) is 16.7. The van der Waals surface area contributed by atoms with E-state index in [0.717, 1.165) is 10.5 Å². The molecule has 1 heterocycles. The molecule has 1 nitrogen and oxygen atoms in total. The second-order valence-electron chi connectivity index (χ2n) is 12.7. The summed E-state index contributed by atoms with van der Waals surface area (Å²) in [4.78, 5) is 5.13. The topological polar surface area (TPSA) is 12.9 Å². The van der Waals surface area contributed by atoms with Gasteiger partial charge in [0.25, 0.3) is 0 Å². The first-order chi connectivity index (χ1) is 24.3. The van der Waals surface area contributed by atoms with Crippen molar-refractivity contribution in [3.05, 3.63) is 176 Å². The van der Waals surface area contributed by atoms with Crippen LogP contribution in [0.2, 0.25) is 0 Å². The summed E-state index contributed by atoms with van der Waals surface area (Å²) in [6.07, 6.45) is 0. The van der Waals surface area contributed by atoms with Crippen LogP contribution in [-0.2, 0) is 0 Å². The fourth-order valence-electron chi connectivity index (χ4n) is 7.47. The number of aromatic nitrogens is 1. The van der Waals surface area contributed by atoms with Crippen LogP contribution in [0.3, 0.4) is 0 Å². The minimum atomic E-state index is 1.04. The number of thiazole rings is 1. The van der Waals surface area contributed by atoms with Crippen molar-refractivity contribution in [1.82, 2.24) is 4.98 Å². The Balaban J connectivity index is 1.05. The fourth-order valence-corrected chi connectivity index (χ4v) is 8.46. The van der Waals surface area contributed by atoms with Gasteiger partial charge in [-0.25, -0.2) is 4.98 Å². The zero-order chi connectivity index (χ0) is 32.3. The summed E-state index contributed by atoms with van der Waals surface area (Å²) in [7, 11) is 0. The number of fused-ring (bicyclic) bond motifs is 6. The Morgan fingerprint density at radius 2 is 0.878 bits per heavy atom. The molecule has 0 atom stereocenters. The summed E-state index contributed by atoms with van der Waals surface area (Å²) in [5.41, 5.74) is 9.52. The SMILES string of the molecule is c1cc(-c2ccc3sc(-c4cccc5ccccc45)nc3c2)cc(-c2ccc(-c3ccc4ccc5ccccc5c4c3)c3ccccc23)c1. The lowest BCUT2D eigenvalue weighted by molar-refractivity contribution is 1.49. The van der Waals surface area contributed by atoms with E-state index >= 15 is 0 Å². The molecule has 49 heavy (non-hydrogen) atoms. The number of benzene rings is 9. The highest BCUT2D eigenvalue weighted by molar-refractivity contribution is 7.21. The highest BCUT2D eigenvalue weighted by Gasteiger charge is 2.14. The van der Waals surface area contributed by atoms with E-state index < -0.39 is 0 Å². The molecule has 0 amide bonds. The molecule has 0 fully saturated rings. The van der Waals surface area contributed by atoms with Gasteiger partial charge in [0.15, 0.2) is 0 Å². The van der Waals surface area contributed by atoms with Crippen molar-refractivity contribution in [2.45, 2.75) is 0 Å². The molecule has 0 N–H and O–H groups in total. The van der Waals surface area contributed by atoms with E-state index in [1.165, 1.54) is 86.7 Å². The van der Waals surface area contributed by atoms with Gasteiger partial charge in [0.1, 0.15) is 5.01 Å². The van der Waals surface area contributed by atoms with Crippen LogP contribution >= 0.6 is 11.3 Å². The highest BCUT2D eigenvalue weighted by atomic mass is 32.1. The van der Waals surface area contributed by atoms with E-state index in [1.807, 2.05) is 0 Å². The minimum absolute atomic E-state index is 1.04. The molecule has 0 unspecified atom stereocenters. The third-order valence-corrected chi connectivity index (χ3v) is 11.0. The van der Waals surface area contributed by atoms with Gasteiger partial charge in [-0.3, -0.25) is 0 Å². The van der Waals surface area contributed by atoms with Crippen molar-refractivity contribution >= 4 is 64.6 Å². The van der Waals surface area contributed by atoms with Crippen molar-refractivity contribution in [3.63, 3.8) is 0 Å². The van der Waals surface area contributed by atoms with Crippen LogP contribution in [0.15, 0.2) is 176 Å². The largest absolute Gasteiger partial charge is 0.236 e. The molecule has 0 saturated heterocycles. The van der Waals surface area contributed by atoms with E-state index in [2.05, 4.69) is 176 Å². The lowest BCUT2D eigenvalue weighted by atomic mass is 9.90. The van der Waals surface area contributed by atoms with Crippen LogP contribution in [0, 0.1) is 0 Å². The maximum atomic E-state index is 5.13. The Hall–Kier alpha value is -6.09. The highest BCUT2D eigenvalue weighted by Crippen LogP contribution is 2.40. The molecule has 0 aliphatic carbocycles. The van der Waals surface area contributed by atoms with Crippen LogP contribution < -0.4 is 0 Å². The van der Waals surface area contributed by atoms with E-state index in [1.54, 1.807) is 11.3 Å². The van der Waals surface area contributed by atoms with Gasteiger partial charge in [-0.15, -0.1) is 11.3 Å². The predicted octanol–water partition coefficient (Wildman–Crippen LogP) is 13.6. The molecule has 228 valence electrons. The van der Waals surface area contributed by atoms with Gasteiger partial charge in [0.2, 0.25) is 0 Å². The average molecular weight is 640 g/mol. The van der Waals surface area contributed by atoms with Gasteiger partial charge in [-0.05, 0) is 101 Å². The molecule has 0 radical (unpaired) electrons. The summed E-state index contributed by atoms with van der Waals surface area (Å²) in [6, 6.07) is 64.1. The zero-order valence-electron chi connectivity index (χ0n) is 26.6. The Labute approximate surface area is 288 Å². The number of nitrogens with zero attached hydrogens (tertiary/aromatic N) is 1. The van der Waals surface area contributed by atoms with Gasteiger partial charge < -0.3 is 0 Å². The fraction of sp³-hybridized carbons (Fsp3) is 0. The molecule has 0 aliphatic rings. The van der Waals surface area contributed by atoms with Crippen molar-refractivity contribution in [2.24, 2.45) is 0 Å². The van der Waals surface area contributed by atoms with Crippen LogP contribution in [0.4, 0.5) is 0 Å². The second kappa shape index (κ2) is 11.3. The monoisotopic (exact) mass is 639 g/mol. The summed E-state index contributed by atoms with van der Waals surface area (Å²) in [5.74, 6) is 0. The van der Waals surface area contributed by atoms with Gasteiger partial charge in [0.05, 0.1) is 10.2 Å². The van der Waals surface area contributed by atoms with Crippen molar-refractivity contribution < 1.29 is 0 Å². The van der Waals surface area contributed by atoms with E-state index in [9.17, 15) is 0 Å². The van der Waals surface area contributed by atoms with Crippen molar-refractivity contribution in [1.29, 1.82) is 0 Å². The normalized spacial score (nSPS) is 11.7. The Morgan fingerprint density at radius 1 is 0.327 bits per heavy atom. The van der Waals surface area contributed by atoms with Crippen LogP contribution in [0.5, 0.6) is 0 Å². The molecular weight excluding hydrogens is 611 g/mol. The molecule has 1 aromatic heterocycles. The second-order valence-corrected chi connectivity index (χ2v) is 13.8. The maximum Gasteiger partial charge on any atom is 0.125 e. The lowest BCUT2D eigenvalue weighted by Crippen LogP contribution is -1.88. The first-order valence-corrected chi connectivity index (χ1v) is 17.5. The smallest absolute Gasteiger partial charge is 0.125 e. The van der Waals surface area contributed by atoms with Crippen molar-refractivity contribution in [3.8, 4) is 44.0 Å². The summed E-state index contributed by atoms with van der Waals surface area (Å²) < 4.78 is 1.20. The van der Waals surface area contributed by atoms with E-state index in [-0.39, 0.29) is 0 Å². The average Bonchev–Trinajstić information content (AvgIpc) is 3.60. The van der Waals surface area contributed by atoms with Gasteiger partial charge in [0, 0.05) is 5.56 Å². The van der Waals surface area contributed by atoms with Crippen LogP contribution in [-0.4, -0.2) is 4.98 Å². The Morgan fingerprint density at radius 3 is 1.67 bits per heavy atom. The van der Waals surface area contributed by atoms with Gasteiger partial charge >= 0.3 is 0 Å². The van der Waals surface area contributed by atoms with Gasteiger partial charge in [-0.1, -0.05) is 152 Å². The number of hydrogen-bond acceptors (Lipinski definition) is 2. The molecule has 10 aromatic rings. The molecule has 0 aliphatic heterocycles. The predicted molar refractivity (Wildman–Crippen MR) is 211 cm³/mol. The third-order valence-electron chi connectivity index (χ3n) is 9.90. The molecule has 10 rings (SSSR count). The zero-order valence-corrected chi connectivity index (χ0v) is 27.4. The van der Waals surface area contributed by atoms with Crippen molar-refractivity contribution in [2.75, 3.05) is 0 Å². The summed E-state index contributed by atoms with van der Waals surface area (Å²) in [6.45, 7) is 0. The summed E-state index contributed by atoms with van der Waals surface area (Å²) in [5, 5.41) is 11.2. The van der Waals surface area contributed by atoms with Crippen LogP contribution in [0.1, 0.15) is 0 Å². The maximum absolute atomic E-state index is 5.13. The molecular formula is C47H29NS. The molecule has 0 bridgehead atoms. The molecule has 2 heteroatoms. The Kier molecular flexibility index (Phi) is 6.43. The van der Waals surface area contributed by atoms with Gasteiger partial charge in [-0.2, -0.15) is 0 Å². The quantitative estimate of drug-likeness (QED) is 0.175. The third kappa shape index (κ3) is 4.72. The molecule has 0 saturated carbocycles. The van der Waals surface area contributed by atoms with E-state index in [4.69, 9.17) is 4.98 Å². The number of hydrogen-bond donors (Lipinski definition) is 0. The lowest BCUT2D eigenvalue weighted by Gasteiger charge is -2.14. The number of rotatable bonds is 4. The first kappa shape index (κ1) is 28.0. The Bertz CT molecular complexity index is 2890. The van der Waals surface area contributed by atoms with E-state index in [0.29, 0.717) is 0 Å².